The number of hydrogen-bond donors (Lipinski definition) is 0. The van der Waals surface area contributed by atoms with Crippen LogP contribution in [0.2, 0.25) is 0 Å². The van der Waals surface area contributed by atoms with Crippen LogP contribution >= 0.6 is 0 Å². The minimum Gasteiger partial charge on any atom is -0.248 e. The van der Waals surface area contributed by atoms with Crippen LogP contribution in [0.4, 0.5) is 0 Å². The second-order valence-electron chi connectivity index (χ2n) is 17.2. The topological polar surface area (TPSA) is 12.9 Å². The quantitative estimate of drug-likeness (QED) is 0.134. The monoisotopic (exact) mass is 843 g/mol. The summed E-state index contributed by atoms with van der Waals surface area (Å²) in [7, 11) is 0. The van der Waals surface area contributed by atoms with Gasteiger partial charge in [-0.3, -0.25) is 0 Å². The van der Waals surface area contributed by atoms with Gasteiger partial charge in [0.15, 0.2) is 0 Å². The molecule has 1 heterocycles. The molecule has 2 aliphatic rings. The molecular weight excluding hydrogens is 795 g/mol. The third-order valence-corrected chi connectivity index (χ3v) is 13.3. The minimum absolute atomic E-state index is 0.0113. The molecule has 0 N–H and O–H groups in total. The van der Waals surface area contributed by atoms with E-state index < -0.39 is 0 Å². The first-order chi connectivity index (χ1) is 32.8. The predicted octanol–water partition coefficient (Wildman–Crippen LogP) is 16.9. The Hall–Kier alpha value is -8.13. The molecule has 0 amide bonds. The van der Waals surface area contributed by atoms with Crippen LogP contribution in [0.1, 0.15) is 57.7 Å². The van der Waals surface area contributed by atoms with Gasteiger partial charge in [-0.25, -0.2) is 4.98 Å². The van der Waals surface area contributed by atoms with Crippen molar-refractivity contribution in [1.82, 2.24) is 4.98 Å². The van der Waals surface area contributed by atoms with Crippen molar-refractivity contribution < 1.29 is 0 Å². The lowest BCUT2D eigenvalue weighted by molar-refractivity contribution is 0.761. The highest BCUT2D eigenvalue weighted by Gasteiger charge is 2.38. The summed E-state index contributed by atoms with van der Waals surface area (Å²) >= 11 is 0. The molecule has 1 aromatic heterocycles. The number of rotatable bonds is 10. The van der Waals surface area contributed by atoms with Crippen molar-refractivity contribution in [3.05, 3.63) is 300 Å². The molecule has 0 bridgehead atoms. The summed E-state index contributed by atoms with van der Waals surface area (Å²) < 4.78 is 0. The molecule has 8 aromatic carbocycles. The molecule has 3 unspecified atom stereocenters. The number of nitrogens with zero attached hydrogens (tertiary/aromatic N) is 1. The fraction of sp³-hybridized carbons (Fsp3) is 0.0615. The Labute approximate surface area is 389 Å². The molecule has 0 aliphatic heterocycles. The first-order valence-electron chi connectivity index (χ1n) is 23.1. The molecule has 0 radical (unpaired) electrons. The number of pyridine rings is 1. The second kappa shape index (κ2) is 18.5. The first-order valence-corrected chi connectivity index (χ1v) is 23.1. The first kappa shape index (κ1) is 40.6. The zero-order valence-electron chi connectivity index (χ0n) is 36.8. The van der Waals surface area contributed by atoms with Gasteiger partial charge in [0.2, 0.25) is 0 Å². The Bertz CT molecular complexity index is 3220. The van der Waals surface area contributed by atoms with E-state index >= 15 is 0 Å². The van der Waals surface area contributed by atoms with E-state index in [9.17, 15) is 0 Å². The maximum atomic E-state index is 5.88. The van der Waals surface area contributed by atoms with Crippen molar-refractivity contribution >= 4 is 16.7 Å². The molecule has 11 rings (SSSR count). The zero-order valence-corrected chi connectivity index (χ0v) is 36.8. The Morgan fingerprint density at radius 2 is 0.864 bits per heavy atom. The van der Waals surface area contributed by atoms with Gasteiger partial charge in [0.25, 0.3) is 0 Å². The van der Waals surface area contributed by atoms with Crippen LogP contribution < -0.4 is 0 Å². The summed E-state index contributed by atoms with van der Waals surface area (Å²) in [5.74, 6) is 0.135. The Kier molecular flexibility index (Phi) is 11.4. The van der Waals surface area contributed by atoms with Gasteiger partial charge < -0.3 is 0 Å². The Morgan fingerprint density at radius 3 is 1.42 bits per heavy atom. The van der Waals surface area contributed by atoms with Gasteiger partial charge >= 0.3 is 0 Å². The van der Waals surface area contributed by atoms with E-state index in [0.29, 0.717) is 0 Å². The molecule has 314 valence electrons. The maximum absolute atomic E-state index is 5.88. The lowest BCUT2D eigenvalue weighted by atomic mass is 9.65. The largest absolute Gasteiger partial charge is 0.248 e. The highest BCUT2D eigenvalue weighted by molar-refractivity contribution is 6.06. The SMILES string of the molecule is C1=CCC(c2c(-c3ccccc3)cc(-c3cccc(C4=CC(c5ccccc5)=C(c5ccccc5)C(c5ccccc5)C4c4ccccc4)n3)c(-c3ccccc3)c2-c2ccccc2)C=C1. The lowest BCUT2D eigenvalue weighted by Gasteiger charge is -2.37. The van der Waals surface area contributed by atoms with Crippen LogP contribution in [0.5, 0.6) is 0 Å². The standard InChI is InChI=1S/C65H49N/c1-9-26-46(27-10-1)54-44-56(62(50-34-17-5-18-35-50)64(52-38-21-7-22-39-52)60(54)48-30-13-3-14-31-48)58-42-25-43-59(66-58)57-45-55(47-28-11-2-12-29-47)61(49-32-15-4-16-33-49)65(53-40-23-8-24-41-53)63(57)51-36-19-6-20-37-51/h1-32,34-45,49,62,64H,33H2. The van der Waals surface area contributed by atoms with Crippen molar-refractivity contribution in [1.29, 1.82) is 0 Å². The molecule has 1 nitrogen and oxygen atoms in total. The number of allylic oxidation sites excluding steroid dienone is 8. The van der Waals surface area contributed by atoms with Gasteiger partial charge in [-0.05, 0) is 109 Å². The van der Waals surface area contributed by atoms with E-state index in [-0.39, 0.29) is 17.8 Å². The molecule has 1 heteroatoms. The third kappa shape index (κ3) is 7.91. The zero-order chi connectivity index (χ0) is 44.1. The summed E-state index contributed by atoms with van der Waals surface area (Å²) in [5.41, 5.74) is 20.2. The molecule has 0 fully saturated rings. The highest BCUT2D eigenvalue weighted by Crippen LogP contribution is 2.56. The number of hydrogen-bond acceptors (Lipinski definition) is 1. The summed E-state index contributed by atoms with van der Waals surface area (Å²) in [6.45, 7) is 0. The van der Waals surface area contributed by atoms with Crippen molar-refractivity contribution in [3.8, 4) is 44.6 Å². The van der Waals surface area contributed by atoms with Gasteiger partial charge in [-0.2, -0.15) is 0 Å². The van der Waals surface area contributed by atoms with E-state index in [4.69, 9.17) is 4.98 Å². The summed E-state index contributed by atoms with van der Waals surface area (Å²) in [4.78, 5) is 5.88. The molecule has 2 aliphatic carbocycles. The van der Waals surface area contributed by atoms with Crippen LogP contribution in [0, 0.1) is 0 Å². The van der Waals surface area contributed by atoms with E-state index in [0.717, 1.165) is 23.4 Å². The van der Waals surface area contributed by atoms with E-state index in [1.807, 2.05) is 0 Å². The number of aromatic nitrogens is 1. The van der Waals surface area contributed by atoms with Gasteiger partial charge in [-0.15, -0.1) is 0 Å². The third-order valence-electron chi connectivity index (χ3n) is 13.3. The lowest BCUT2D eigenvalue weighted by Crippen LogP contribution is -2.20. The van der Waals surface area contributed by atoms with Gasteiger partial charge in [-0.1, -0.05) is 243 Å². The van der Waals surface area contributed by atoms with Crippen LogP contribution in [0.3, 0.4) is 0 Å². The van der Waals surface area contributed by atoms with Gasteiger partial charge in [0, 0.05) is 23.3 Å². The summed E-state index contributed by atoms with van der Waals surface area (Å²) in [5, 5.41) is 0. The van der Waals surface area contributed by atoms with Crippen molar-refractivity contribution in [2.75, 3.05) is 0 Å². The molecular formula is C65H49N. The smallest absolute Gasteiger partial charge is 0.0716 e. The van der Waals surface area contributed by atoms with Crippen LogP contribution in [0.25, 0.3) is 61.4 Å². The van der Waals surface area contributed by atoms with E-state index in [2.05, 4.69) is 267 Å². The van der Waals surface area contributed by atoms with Gasteiger partial charge in [0.05, 0.1) is 11.4 Å². The van der Waals surface area contributed by atoms with Gasteiger partial charge in [0.1, 0.15) is 0 Å². The maximum Gasteiger partial charge on any atom is 0.0716 e. The van der Waals surface area contributed by atoms with Crippen LogP contribution in [-0.2, 0) is 0 Å². The second-order valence-corrected chi connectivity index (χ2v) is 17.2. The average Bonchev–Trinajstić information content (AvgIpc) is 3.41. The van der Waals surface area contributed by atoms with Crippen molar-refractivity contribution in [2.45, 2.75) is 24.2 Å². The molecule has 0 spiro atoms. The molecule has 3 atom stereocenters. The summed E-state index contributed by atoms with van der Waals surface area (Å²) in [6.07, 6.45) is 12.5. The van der Waals surface area contributed by atoms with Crippen LogP contribution in [-0.4, -0.2) is 4.98 Å². The highest BCUT2D eigenvalue weighted by atomic mass is 14.7. The summed E-state index contributed by atoms with van der Waals surface area (Å²) in [6, 6.07) is 86.1. The molecule has 9 aromatic rings. The Balaban J connectivity index is 1.22. The minimum atomic E-state index is -0.0408. The van der Waals surface area contributed by atoms with Crippen molar-refractivity contribution in [3.63, 3.8) is 0 Å². The molecule has 0 saturated heterocycles. The van der Waals surface area contributed by atoms with E-state index in [1.54, 1.807) is 0 Å². The fourth-order valence-corrected chi connectivity index (χ4v) is 10.4. The molecule has 0 saturated carbocycles. The number of benzene rings is 8. The van der Waals surface area contributed by atoms with E-state index in [1.165, 1.54) is 77.9 Å². The van der Waals surface area contributed by atoms with Crippen molar-refractivity contribution in [2.24, 2.45) is 0 Å². The average molecular weight is 844 g/mol. The normalized spacial score (nSPS) is 16.8. The Morgan fingerprint density at radius 1 is 0.379 bits per heavy atom. The fourth-order valence-electron chi connectivity index (χ4n) is 10.4. The predicted molar refractivity (Wildman–Crippen MR) is 278 cm³/mol. The molecule has 66 heavy (non-hydrogen) atoms. The van der Waals surface area contributed by atoms with Crippen LogP contribution in [0.15, 0.2) is 267 Å².